The lowest BCUT2D eigenvalue weighted by Gasteiger charge is -2.07. The van der Waals surface area contributed by atoms with E-state index in [1.54, 1.807) is 19.1 Å². The van der Waals surface area contributed by atoms with Crippen molar-refractivity contribution in [2.45, 2.75) is 13.5 Å². The monoisotopic (exact) mass is 366 g/mol. The molecule has 4 aromatic rings. The zero-order valence-corrected chi connectivity index (χ0v) is 14.4. The first-order valence-electron chi connectivity index (χ1n) is 8.40. The Bertz CT molecular complexity index is 1230. The fraction of sp³-hybridized carbons (Fsp3) is 0.150. The number of esters is 1. The predicted molar refractivity (Wildman–Crippen MR) is 97.2 cm³/mol. The van der Waals surface area contributed by atoms with Crippen molar-refractivity contribution in [2.24, 2.45) is 0 Å². The smallest absolute Gasteiger partial charge is 0.374 e. The van der Waals surface area contributed by atoms with Gasteiger partial charge in [-0.15, -0.1) is 0 Å². The standard InChI is InChI=1S/C20H15FN2O4/c1-2-26-20(25)18-15(13-5-3-4-6-17(13)27-18)10-23-11-22-16-9-12(21)7-8-14(16)19(23)24/h3-9,11H,2,10H2,1H3. The molecule has 4 rings (SSSR count). The van der Waals surface area contributed by atoms with Crippen LogP contribution in [0.4, 0.5) is 4.39 Å². The summed E-state index contributed by atoms with van der Waals surface area (Å²) in [7, 11) is 0. The lowest BCUT2D eigenvalue weighted by atomic mass is 10.1. The molecule has 7 heteroatoms. The number of nitrogens with zero attached hydrogens (tertiary/aromatic N) is 2. The Balaban J connectivity index is 1.86. The number of hydrogen-bond donors (Lipinski definition) is 0. The van der Waals surface area contributed by atoms with Crippen molar-refractivity contribution in [1.29, 1.82) is 0 Å². The topological polar surface area (TPSA) is 74.3 Å². The van der Waals surface area contributed by atoms with Gasteiger partial charge in [0.2, 0.25) is 5.76 Å². The van der Waals surface area contributed by atoms with Crippen LogP contribution in [0.5, 0.6) is 0 Å². The van der Waals surface area contributed by atoms with Gasteiger partial charge in [0.1, 0.15) is 11.4 Å². The number of hydrogen-bond acceptors (Lipinski definition) is 5. The summed E-state index contributed by atoms with van der Waals surface area (Å²) in [6.07, 6.45) is 1.33. The van der Waals surface area contributed by atoms with E-state index in [0.29, 0.717) is 21.9 Å². The Kier molecular flexibility index (Phi) is 4.19. The highest BCUT2D eigenvalue weighted by Crippen LogP contribution is 2.27. The van der Waals surface area contributed by atoms with Gasteiger partial charge in [0.15, 0.2) is 0 Å². The van der Waals surface area contributed by atoms with Crippen LogP contribution in [-0.4, -0.2) is 22.1 Å². The molecule has 27 heavy (non-hydrogen) atoms. The van der Waals surface area contributed by atoms with Crippen LogP contribution in [-0.2, 0) is 11.3 Å². The first-order valence-corrected chi connectivity index (χ1v) is 8.40. The van der Waals surface area contributed by atoms with Crippen molar-refractivity contribution < 1.29 is 18.3 Å². The molecule has 2 aromatic heterocycles. The van der Waals surface area contributed by atoms with Crippen molar-refractivity contribution in [2.75, 3.05) is 6.61 Å². The summed E-state index contributed by atoms with van der Waals surface area (Å²) in [6.45, 7) is 1.99. The largest absolute Gasteiger partial charge is 0.460 e. The normalized spacial score (nSPS) is 11.2. The number of furan rings is 1. The van der Waals surface area contributed by atoms with E-state index in [1.165, 1.54) is 29.1 Å². The molecule has 0 spiro atoms. The van der Waals surface area contributed by atoms with Crippen LogP contribution in [0.1, 0.15) is 23.0 Å². The van der Waals surface area contributed by atoms with Crippen molar-refractivity contribution in [3.05, 3.63) is 76.3 Å². The molecule has 0 aliphatic carbocycles. The maximum atomic E-state index is 13.4. The summed E-state index contributed by atoms with van der Waals surface area (Å²) in [4.78, 5) is 29.2. The number of fused-ring (bicyclic) bond motifs is 2. The van der Waals surface area contributed by atoms with E-state index in [1.807, 2.05) is 12.1 Å². The van der Waals surface area contributed by atoms with Crippen molar-refractivity contribution in [1.82, 2.24) is 9.55 Å². The highest BCUT2D eigenvalue weighted by Gasteiger charge is 2.22. The van der Waals surface area contributed by atoms with Gasteiger partial charge < -0.3 is 9.15 Å². The molecule has 0 aliphatic heterocycles. The van der Waals surface area contributed by atoms with E-state index < -0.39 is 11.8 Å². The molecule has 0 unspecified atom stereocenters. The van der Waals surface area contributed by atoms with E-state index >= 15 is 0 Å². The summed E-state index contributed by atoms with van der Waals surface area (Å²) in [5.74, 6) is -0.991. The number of ether oxygens (including phenoxy) is 1. The van der Waals surface area contributed by atoms with E-state index in [-0.39, 0.29) is 30.0 Å². The summed E-state index contributed by atoms with van der Waals surface area (Å²) < 4.78 is 25.5. The van der Waals surface area contributed by atoms with Gasteiger partial charge >= 0.3 is 5.97 Å². The van der Waals surface area contributed by atoms with Crippen molar-refractivity contribution in [3.8, 4) is 0 Å². The van der Waals surface area contributed by atoms with Gasteiger partial charge in [0, 0.05) is 17.0 Å². The number of carbonyl (C=O) groups is 1. The van der Waals surface area contributed by atoms with Crippen molar-refractivity contribution in [3.63, 3.8) is 0 Å². The molecule has 0 bridgehead atoms. The molecule has 0 fully saturated rings. The zero-order chi connectivity index (χ0) is 19.0. The van der Waals surface area contributed by atoms with E-state index in [4.69, 9.17) is 9.15 Å². The second kappa shape index (κ2) is 6.68. The van der Waals surface area contributed by atoms with Gasteiger partial charge in [0.25, 0.3) is 5.56 Å². The predicted octanol–water partition coefficient (Wildman–Crippen LogP) is 3.51. The molecule has 2 heterocycles. The molecule has 0 saturated heterocycles. The number of carbonyl (C=O) groups excluding carboxylic acids is 1. The zero-order valence-electron chi connectivity index (χ0n) is 14.4. The van der Waals surface area contributed by atoms with Crippen LogP contribution in [0, 0.1) is 5.82 Å². The highest BCUT2D eigenvalue weighted by atomic mass is 19.1. The van der Waals surface area contributed by atoms with Gasteiger partial charge in [-0.05, 0) is 25.1 Å². The average Bonchev–Trinajstić information content (AvgIpc) is 3.03. The van der Waals surface area contributed by atoms with Gasteiger partial charge in [0.05, 0.1) is 30.4 Å². The third-order valence-electron chi connectivity index (χ3n) is 4.27. The van der Waals surface area contributed by atoms with Crippen LogP contribution in [0.15, 0.2) is 58.0 Å². The summed E-state index contributed by atoms with van der Waals surface area (Å²) >= 11 is 0. The van der Waals surface area contributed by atoms with E-state index in [0.717, 1.165) is 0 Å². The Morgan fingerprint density at radius 2 is 2.04 bits per heavy atom. The lowest BCUT2D eigenvalue weighted by molar-refractivity contribution is 0.0490. The molecule has 0 saturated carbocycles. The molecule has 136 valence electrons. The molecule has 6 nitrogen and oxygen atoms in total. The average molecular weight is 366 g/mol. The minimum absolute atomic E-state index is 0.0594. The minimum atomic E-state index is -0.590. The lowest BCUT2D eigenvalue weighted by Crippen LogP contribution is -2.22. The van der Waals surface area contributed by atoms with E-state index in [2.05, 4.69) is 4.98 Å². The molecule has 0 amide bonds. The Labute approximate surface area is 152 Å². The number of rotatable bonds is 4. The number of benzene rings is 2. The molecule has 0 N–H and O–H groups in total. The molecule has 0 aliphatic rings. The van der Waals surface area contributed by atoms with Crippen LogP contribution < -0.4 is 5.56 Å². The molecular formula is C20H15FN2O4. The molecule has 0 radical (unpaired) electrons. The van der Waals surface area contributed by atoms with E-state index in [9.17, 15) is 14.0 Å². The first kappa shape index (κ1) is 17.0. The van der Waals surface area contributed by atoms with Gasteiger partial charge in [-0.3, -0.25) is 9.36 Å². The summed E-state index contributed by atoms with van der Waals surface area (Å²) in [5, 5.41) is 1.01. The van der Waals surface area contributed by atoms with Gasteiger partial charge in [-0.25, -0.2) is 14.2 Å². The number of aromatic nitrogens is 2. The minimum Gasteiger partial charge on any atom is -0.460 e. The SMILES string of the molecule is CCOC(=O)c1oc2ccccc2c1Cn1cnc2cc(F)ccc2c1=O. The third-order valence-corrected chi connectivity index (χ3v) is 4.27. The fourth-order valence-corrected chi connectivity index (χ4v) is 3.03. The van der Waals surface area contributed by atoms with Crippen molar-refractivity contribution >= 4 is 27.8 Å². The summed E-state index contributed by atoms with van der Waals surface area (Å²) in [6, 6.07) is 11.0. The summed E-state index contributed by atoms with van der Waals surface area (Å²) in [5.41, 5.74) is 1.01. The molecule has 2 aromatic carbocycles. The van der Waals surface area contributed by atoms with Gasteiger partial charge in [-0.1, -0.05) is 18.2 Å². The Hall–Kier alpha value is -3.48. The second-order valence-corrected chi connectivity index (χ2v) is 5.97. The fourth-order valence-electron chi connectivity index (χ4n) is 3.03. The Morgan fingerprint density at radius 1 is 1.22 bits per heavy atom. The van der Waals surface area contributed by atoms with Crippen LogP contribution >= 0.6 is 0 Å². The molecule has 0 atom stereocenters. The maximum absolute atomic E-state index is 13.4. The first-order chi connectivity index (χ1) is 13.1. The number of halogens is 1. The van der Waals surface area contributed by atoms with Crippen LogP contribution in [0.25, 0.3) is 21.9 Å². The highest BCUT2D eigenvalue weighted by molar-refractivity contribution is 5.96. The third kappa shape index (κ3) is 2.97. The molecular weight excluding hydrogens is 351 g/mol. The Morgan fingerprint density at radius 3 is 2.85 bits per heavy atom. The van der Waals surface area contributed by atoms with Gasteiger partial charge in [-0.2, -0.15) is 0 Å². The van der Waals surface area contributed by atoms with Crippen LogP contribution in [0.3, 0.4) is 0 Å². The van der Waals surface area contributed by atoms with Crippen LogP contribution in [0.2, 0.25) is 0 Å². The number of para-hydroxylation sites is 1. The quantitative estimate of drug-likeness (QED) is 0.517. The second-order valence-electron chi connectivity index (χ2n) is 5.97. The maximum Gasteiger partial charge on any atom is 0.374 e.